The Balaban J connectivity index is 1.60. The zero-order valence-electron chi connectivity index (χ0n) is 20.1. The Kier molecular flexibility index (Phi) is 7.20. The van der Waals surface area contributed by atoms with E-state index in [0.717, 1.165) is 32.9 Å². The van der Waals surface area contributed by atoms with Gasteiger partial charge in [0.15, 0.2) is 5.69 Å². The van der Waals surface area contributed by atoms with Crippen molar-refractivity contribution in [3.8, 4) is 0 Å². The first-order chi connectivity index (χ1) is 18.4. The maximum atomic E-state index is 14.1. The lowest BCUT2D eigenvalue weighted by Crippen LogP contribution is -2.43. The lowest BCUT2D eigenvalue weighted by atomic mass is 10.0. The van der Waals surface area contributed by atoms with Crippen LogP contribution in [0.25, 0.3) is 10.9 Å². The summed E-state index contributed by atoms with van der Waals surface area (Å²) in [6.45, 7) is 0.427. The molecule has 0 fully saturated rings. The van der Waals surface area contributed by atoms with Gasteiger partial charge in [-0.1, -0.05) is 54.6 Å². The Morgan fingerprint density at radius 1 is 1.03 bits per heavy atom. The van der Waals surface area contributed by atoms with Gasteiger partial charge in [-0.05, 0) is 34.6 Å². The van der Waals surface area contributed by atoms with Gasteiger partial charge >= 0.3 is 0 Å². The molecule has 192 valence electrons. The fraction of sp³-hybridized carbons (Fsp3) is 0.111. The summed E-state index contributed by atoms with van der Waals surface area (Å²) in [5.74, 6) is -1.70. The molecule has 5 aromatic rings. The first-order valence-electron chi connectivity index (χ1n) is 11.7. The van der Waals surface area contributed by atoms with Crippen LogP contribution < -0.4 is 16.8 Å². The number of nitrogens with zero attached hydrogens (tertiary/aromatic N) is 2. The summed E-state index contributed by atoms with van der Waals surface area (Å²) in [7, 11) is 0. The molecule has 3 amide bonds. The van der Waals surface area contributed by atoms with Crippen LogP contribution in [-0.2, 0) is 17.9 Å². The number of rotatable bonds is 9. The molecule has 5 rings (SSSR count). The normalized spacial score (nSPS) is 11.8. The van der Waals surface area contributed by atoms with Gasteiger partial charge in [0.25, 0.3) is 11.8 Å². The number of carbonyl (C=O) groups is 3. The maximum Gasteiger partial charge on any atom is 0.270 e. The van der Waals surface area contributed by atoms with E-state index < -0.39 is 17.9 Å². The number of aromatic amines is 1. The number of primary amides is 1. The summed E-state index contributed by atoms with van der Waals surface area (Å²) in [6, 6.07) is 19.9. The predicted octanol–water partition coefficient (Wildman–Crippen LogP) is 4.07. The second-order valence-electron chi connectivity index (χ2n) is 8.55. The molecule has 0 radical (unpaired) electrons. The number of aromatic nitrogens is 2. The summed E-state index contributed by atoms with van der Waals surface area (Å²) in [5, 5.41) is 5.71. The number of thiophene rings is 1. The fourth-order valence-electron chi connectivity index (χ4n) is 4.26. The van der Waals surface area contributed by atoms with Crippen molar-refractivity contribution in [3.05, 3.63) is 105 Å². The smallest absolute Gasteiger partial charge is 0.270 e. The summed E-state index contributed by atoms with van der Waals surface area (Å²) in [6.07, 6.45) is 1.75. The minimum Gasteiger partial charge on any atom is -0.395 e. The van der Waals surface area contributed by atoms with Gasteiger partial charge in [-0.3, -0.25) is 14.4 Å². The van der Waals surface area contributed by atoms with E-state index in [4.69, 9.17) is 11.5 Å². The molecule has 0 saturated heterocycles. The molecule has 3 aromatic heterocycles. The zero-order valence-corrected chi connectivity index (χ0v) is 21.7. The van der Waals surface area contributed by atoms with Gasteiger partial charge in [0.05, 0.1) is 12.2 Å². The molecular weight excluding hydrogens is 520 g/mol. The largest absolute Gasteiger partial charge is 0.395 e. The van der Waals surface area contributed by atoms with Crippen molar-refractivity contribution < 1.29 is 14.4 Å². The second kappa shape index (κ2) is 10.9. The number of H-pyrrole nitrogens is 1. The van der Waals surface area contributed by atoms with Crippen LogP contribution in [0.4, 0.5) is 5.69 Å². The van der Waals surface area contributed by atoms with E-state index in [0.29, 0.717) is 5.56 Å². The first-order valence-corrected chi connectivity index (χ1v) is 13.3. The number of nitrogens with one attached hydrogen (secondary N) is 2. The number of para-hydroxylation sites is 1. The molecular formula is C27H24N6O3S2. The van der Waals surface area contributed by atoms with E-state index in [1.165, 1.54) is 16.2 Å². The number of benzene rings is 2. The van der Waals surface area contributed by atoms with E-state index in [2.05, 4.69) is 14.7 Å². The summed E-state index contributed by atoms with van der Waals surface area (Å²) < 4.78 is 4.00. The van der Waals surface area contributed by atoms with Crippen LogP contribution in [0, 0.1) is 0 Å². The highest BCUT2D eigenvalue weighted by Crippen LogP contribution is 2.34. The standard InChI is InChI=1S/C27H24N6O3S2/c28-21-22(25(29)34)32-38-24(21)27(36)33(15-17-9-6-12-37-17)23(19-14-30-20-11-5-4-10-18(19)20)26(35)31-13-16-7-2-1-3-8-16/h1-12,14,23,30H,13,15,28H2,(H2,29,34)(H,31,35). The zero-order chi connectivity index (χ0) is 26.6. The average molecular weight is 545 g/mol. The van der Waals surface area contributed by atoms with Crippen molar-refractivity contribution in [2.24, 2.45) is 5.73 Å². The highest BCUT2D eigenvalue weighted by molar-refractivity contribution is 7.10. The van der Waals surface area contributed by atoms with Gasteiger partial charge in [0, 0.05) is 34.1 Å². The monoisotopic (exact) mass is 544 g/mol. The van der Waals surface area contributed by atoms with E-state index in [-0.39, 0.29) is 35.3 Å². The van der Waals surface area contributed by atoms with Crippen LogP contribution in [0.5, 0.6) is 0 Å². The molecule has 0 bridgehead atoms. The highest BCUT2D eigenvalue weighted by atomic mass is 32.1. The van der Waals surface area contributed by atoms with Crippen molar-refractivity contribution in [2.75, 3.05) is 5.73 Å². The number of hydrogen-bond acceptors (Lipinski definition) is 7. The first kappa shape index (κ1) is 25.2. The second-order valence-corrected chi connectivity index (χ2v) is 10.4. The Morgan fingerprint density at radius 2 is 1.79 bits per heavy atom. The Morgan fingerprint density at radius 3 is 2.50 bits per heavy atom. The highest BCUT2D eigenvalue weighted by Gasteiger charge is 2.36. The molecule has 9 nitrogen and oxygen atoms in total. The van der Waals surface area contributed by atoms with Crippen LogP contribution in [0.2, 0.25) is 0 Å². The fourth-order valence-corrected chi connectivity index (χ4v) is 5.73. The molecule has 1 atom stereocenters. The van der Waals surface area contributed by atoms with Crippen LogP contribution in [-0.4, -0.2) is 32.0 Å². The van der Waals surface area contributed by atoms with Gasteiger partial charge in [0.1, 0.15) is 10.9 Å². The molecule has 0 aliphatic carbocycles. The molecule has 0 aliphatic heterocycles. The van der Waals surface area contributed by atoms with Crippen LogP contribution >= 0.6 is 22.9 Å². The Bertz CT molecular complexity index is 1590. The lowest BCUT2D eigenvalue weighted by Gasteiger charge is -2.30. The van der Waals surface area contributed by atoms with Crippen molar-refractivity contribution in [1.82, 2.24) is 19.6 Å². The van der Waals surface area contributed by atoms with Crippen LogP contribution in [0.15, 0.2) is 78.3 Å². The van der Waals surface area contributed by atoms with E-state index in [1.54, 1.807) is 6.20 Å². The average Bonchev–Trinajstić information content (AvgIpc) is 3.68. The van der Waals surface area contributed by atoms with Crippen LogP contribution in [0.3, 0.4) is 0 Å². The third-order valence-electron chi connectivity index (χ3n) is 6.11. The van der Waals surface area contributed by atoms with Gasteiger partial charge < -0.3 is 26.7 Å². The third-order valence-corrected chi connectivity index (χ3v) is 7.82. The maximum absolute atomic E-state index is 14.1. The van der Waals surface area contributed by atoms with E-state index in [9.17, 15) is 14.4 Å². The summed E-state index contributed by atoms with van der Waals surface area (Å²) in [5.41, 5.74) is 13.7. The Labute approximate surface area is 226 Å². The SMILES string of the molecule is NC(=O)c1nsc(C(=O)N(Cc2cccs2)C(C(=O)NCc2ccccc2)c2c[nH]c3ccccc23)c1N. The minimum absolute atomic E-state index is 0.0519. The van der Waals surface area contributed by atoms with Crippen molar-refractivity contribution in [3.63, 3.8) is 0 Å². The molecule has 0 aliphatic rings. The van der Waals surface area contributed by atoms with Gasteiger partial charge in [-0.15, -0.1) is 11.3 Å². The van der Waals surface area contributed by atoms with Crippen molar-refractivity contribution in [1.29, 1.82) is 0 Å². The quantitative estimate of drug-likeness (QED) is 0.221. The van der Waals surface area contributed by atoms with Gasteiger partial charge in [-0.2, -0.15) is 4.37 Å². The molecule has 3 heterocycles. The third kappa shape index (κ3) is 5.01. The van der Waals surface area contributed by atoms with Gasteiger partial charge in [-0.25, -0.2) is 0 Å². The number of carbonyl (C=O) groups excluding carboxylic acids is 3. The number of hydrogen-bond donors (Lipinski definition) is 4. The number of nitrogen functional groups attached to an aromatic ring is 1. The minimum atomic E-state index is -1.01. The van der Waals surface area contributed by atoms with Gasteiger partial charge in [0.2, 0.25) is 5.91 Å². The number of fused-ring (bicyclic) bond motifs is 1. The molecule has 38 heavy (non-hydrogen) atoms. The topological polar surface area (TPSA) is 147 Å². The lowest BCUT2D eigenvalue weighted by molar-refractivity contribution is -0.126. The number of nitrogens with two attached hydrogens (primary N) is 2. The van der Waals surface area contributed by atoms with Crippen molar-refractivity contribution in [2.45, 2.75) is 19.1 Å². The van der Waals surface area contributed by atoms with E-state index >= 15 is 0 Å². The molecule has 1 unspecified atom stereocenters. The molecule has 2 aromatic carbocycles. The number of amides is 3. The predicted molar refractivity (Wildman–Crippen MR) is 149 cm³/mol. The van der Waals surface area contributed by atoms with Crippen LogP contribution in [0.1, 0.15) is 42.2 Å². The molecule has 6 N–H and O–H groups in total. The molecule has 0 saturated carbocycles. The van der Waals surface area contributed by atoms with E-state index in [1.807, 2.05) is 72.1 Å². The van der Waals surface area contributed by atoms with Crippen molar-refractivity contribution >= 4 is 57.2 Å². The summed E-state index contributed by atoms with van der Waals surface area (Å²) in [4.78, 5) is 45.4. The number of anilines is 1. The Hall–Kier alpha value is -4.48. The molecule has 11 heteroatoms. The molecule has 0 spiro atoms. The summed E-state index contributed by atoms with van der Waals surface area (Å²) >= 11 is 2.26.